The fourth-order valence-electron chi connectivity index (χ4n) is 2.67. The maximum atomic E-state index is 12.3. The number of non-ortho nitro benzene ring substituents is 1. The number of nitro benzene ring substituents is 1. The van der Waals surface area contributed by atoms with E-state index >= 15 is 0 Å². The Labute approximate surface area is 171 Å². The number of carbonyl (C=O) groups is 3. The minimum atomic E-state index is -0.879. The van der Waals surface area contributed by atoms with Gasteiger partial charge in [-0.3, -0.25) is 19.7 Å². The van der Waals surface area contributed by atoms with E-state index in [1.54, 1.807) is 25.2 Å². The summed E-state index contributed by atoms with van der Waals surface area (Å²) in [5.41, 5.74) is 0.794. The number of carbonyl (C=O) groups excluding carboxylic acids is 3. The van der Waals surface area contributed by atoms with Gasteiger partial charge in [0.2, 0.25) is 0 Å². The van der Waals surface area contributed by atoms with E-state index in [-0.39, 0.29) is 23.2 Å². The second-order valence-corrected chi connectivity index (χ2v) is 6.69. The van der Waals surface area contributed by atoms with Gasteiger partial charge in [0.25, 0.3) is 17.5 Å². The predicted molar refractivity (Wildman–Crippen MR) is 108 cm³/mol. The van der Waals surface area contributed by atoms with Crippen LogP contribution in [0, 0.1) is 10.1 Å². The standard InChI is InChI=1S/C20H20N4O6/c1-21-17-8-7-15(24(28)29)10-16(17)20(27)30-11-18(25)22-14-4-2-3-12(9-14)19(26)23-13-5-6-13/h2-4,7-10,13,21H,5-6,11H2,1H3,(H,22,25)(H,23,26). The SMILES string of the molecule is CNc1ccc([N+](=O)[O-])cc1C(=O)OCC(=O)Nc1cccc(C(=O)NC2CC2)c1. The maximum Gasteiger partial charge on any atom is 0.341 e. The summed E-state index contributed by atoms with van der Waals surface area (Å²) in [6.45, 7) is -0.594. The number of benzene rings is 2. The van der Waals surface area contributed by atoms with Crippen LogP contribution in [0.2, 0.25) is 0 Å². The Morgan fingerprint density at radius 2 is 1.93 bits per heavy atom. The molecule has 3 N–H and O–H groups in total. The van der Waals surface area contributed by atoms with Gasteiger partial charge < -0.3 is 20.7 Å². The summed E-state index contributed by atoms with van der Waals surface area (Å²) >= 11 is 0. The second-order valence-electron chi connectivity index (χ2n) is 6.69. The van der Waals surface area contributed by atoms with E-state index in [1.165, 1.54) is 18.2 Å². The van der Waals surface area contributed by atoms with Gasteiger partial charge in [-0.1, -0.05) is 6.07 Å². The van der Waals surface area contributed by atoms with Crippen molar-refractivity contribution in [2.24, 2.45) is 0 Å². The van der Waals surface area contributed by atoms with E-state index in [4.69, 9.17) is 4.74 Å². The monoisotopic (exact) mass is 412 g/mol. The topological polar surface area (TPSA) is 140 Å². The Hall–Kier alpha value is -3.95. The Bertz CT molecular complexity index is 1000. The summed E-state index contributed by atoms with van der Waals surface area (Å²) in [4.78, 5) is 46.8. The van der Waals surface area contributed by atoms with Gasteiger partial charge in [-0.25, -0.2) is 4.79 Å². The minimum absolute atomic E-state index is 0.0572. The van der Waals surface area contributed by atoms with Gasteiger partial charge in [-0.15, -0.1) is 0 Å². The number of esters is 1. The van der Waals surface area contributed by atoms with Crippen molar-refractivity contribution in [3.05, 3.63) is 63.7 Å². The molecule has 1 saturated carbocycles. The van der Waals surface area contributed by atoms with Crippen LogP contribution < -0.4 is 16.0 Å². The molecule has 2 amide bonds. The summed E-state index contributed by atoms with van der Waals surface area (Å²) in [7, 11) is 1.55. The van der Waals surface area contributed by atoms with Crippen LogP contribution in [0.5, 0.6) is 0 Å². The van der Waals surface area contributed by atoms with Gasteiger partial charge >= 0.3 is 5.97 Å². The normalized spacial score (nSPS) is 12.6. The number of nitro groups is 1. The van der Waals surface area contributed by atoms with Gasteiger partial charge in [0.1, 0.15) is 0 Å². The van der Waals surface area contributed by atoms with E-state index in [1.807, 2.05) is 0 Å². The first-order valence-electron chi connectivity index (χ1n) is 9.21. The highest BCUT2D eigenvalue weighted by molar-refractivity contribution is 6.00. The number of hydrogen-bond acceptors (Lipinski definition) is 7. The number of nitrogens with one attached hydrogen (secondary N) is 3. The Kier molecular flexibility index (Phi) is 6.26. The average molecular weight is 412 g/mol. The molecular formula is C20H20N4O6. The third-order valence-electron chi connectivity index (χ3n) is 4.36. The van der Waals surface area contributed by atoms with Crippen molar-refractivity contribution in [1.82, 2.24) is 5.32 Å². The fraction of sp³-hybridized carbons (Fsp3) is 0.250. The smallest absolute Gasteiger partial charge is 0.341 e. The van der Waals surface area contributed by atoms with Gasteiger partial charge in [-0.05, 0) is 37.1 Å². The number of nitrogens with zero attached hydrogens (tertiary/aromatic N) is 1. The molecule has 3 rings (SSSR count). The molecule has 0 radical (unpaired) electrons. The summed E-state index contributed by atoms with van der Waals surface area (Å²) in [5.74, 6) is -1.71. The van der Waals surface area contributed by atoms with Crippen LogP contribution in [-0.2, 0) is 9.53 Å². The van der Waals surface area contributed by atoms with E-state index < -0.39 is 23.4 Å². The average Bonchev–Trinajstić information content (AvgIpc) is 3.55. The molecule has 0 saturated heterocycles. The molecule has 0 heterocycles. The zero-order chi connectivity index (χ0) is 21.7. The summed E-state index contributed by atoms with van der Waals surface area (Å²) < 4.78 is 4.99. The number of hydrogen-bond donors (Lipinski definition) is 3. The number of anilines is 2. The van der Waals surface area contributed by atoms with Crippen molar-refractivity contribution in [2.75, 3.05) is 24.3 Å². The molecular weight excluding hydrogens is 392 g/mol. The molecule has 2 aromatic rings. The lowest BCUT2D eigenvalue weighted by atomic mass is 10.1. The number of rotatable bonds is 8. The lowest BCUT2D eigenvalue weighted by molar-refractivity contribution is -0.384. The Balaban J connectivity index is 1.59. The molecule has 2 aromatic carbocycles. The predicted octanol–water partition coefficient (Wildman–Crippen LogP) is 2.32. The Morgan fingerprint density at radius 3 is 2.60 bits per heavy atom. The summed E-state index contributed by atoms with van der Waals surface area (Å²) in [5, 5.41) is 19.1. The molecule has 0 atom stereocenters. The largest absolute Gasteiger partial charge is 0.452 e. The van der Waals surface area contributed by atoms with Crippen molar-refractivity contribution in [2.45, 2.75) is 18.9 Å². The van der Waals surface area contributed by atoms with E-state index in [0.717, 1.165) is 18.9 Å². The molecule has 1 aliphatic rings. The number of amides is 2. The van der Waals surface area contributed by atoms with Gasteiger partial charge in [0.15, 0.2) is 6.61 Å². The molecule has 1 aliphatic carbocycles. The maximum absolute atomic E-state index is 12.3. The lowest BCUT2D eigenvalue weighted by Gasteiger charge is -2.10. The zero-order valence-electron chi connectivity index (χ0n) is 16.1. The third kappa shape index (κ3) is 5.31. The highest BCUT2D eigenvalue weighted by Crippen LogP contribution is 2.23. The van der Waals surface area contributed by atoms with Crippen molar-refractivity contribution in [3.63, 3.8) is 0 Å². The first-order valence-corrected chi connectivity index (χ1v) is 9.21. The summed E-state index contributed by atoms with van der Waals surface area (Å²) in [6, 6.07) is 10.3. The molecule has 0 unspecified atom stereocenters. The third-order valence-corrected chi connectivity index (χ3v) is 4.36. The van der Waals surface area contributed by atoms with Crippen LogP contribution in [0.25, 0.3) is 0 Å². The van der Waals surface area contributed by atoms with Crippen LogP contribution in [-0.4, -0.2) is 42.4 Å². The minimum Gasteiger partial charge on any atom is -0.452 e. The van der Waals surface area contributed by atoms with E-state index in [9.17, 15) is 24.5 Å². The molecule has 156 valence electrons. The van der Waals surface area contributed by atoms with Gasteiger partial charge in [0.05, 0.1) is 10.5 Å². The second kappa shape index (κ2) is 9.03. The molecule has 0 aromatic heterocycles. The first-order chi connectivity index (χ1) is 14.4. The van der Waals surface area contributed by atoms with Crippen LogP contribution >= 0.6 is 0 Å². The van der Waals surface area contributed by atoms with Gasteiger partial charge in [-0.2, -0.15) is 0 Å². The summed E-state index contributed by atoms with van der Waals surface area (Å²) in [6.07, 6.45) is 1.93. The number of ether oxygens (including phenoxy) is 1. The van der Waals surface area contributed by atoms with Crippen molar-refractivity contribution < 1.29 is 24.0 Å². The van der Waals surface area contributed by atoms with Crippen LogP contribution in [0.1, 0.15) is 33.6 Å². The van der Waals surface area contributed by atoms with Crippen LogP contribution in [0.4, 0.5) is 17.1 Å². The van der Waals surface area contributed by atoms with Crippen molar-refractivity contribution >= 4 is 34.8 Å². The van der Waals surface area contributed by atoms with Gasteiger partial charge in [0, 0.05) is 42.2 Å². The van der Waals surface area contributed by atoms with E-state index in [0.29, 0.717) is 16.9 Å². The first kappa shape index (κ1) is 20.8. The molecule has 1 fully saturated rings. The zero-order valence-corrected chi connectivity index (χ0v) is 16.1. The highest BCUT2D eigenvalue weighted by Gasteiger charge is 2.24. The van der Waals surface area contributed by atoms with E-state index in [2.05, 4.69) is 16.0 Å². The molecule has 10 heteroatoms. The quantitative estimate of drug-likeness (QED) is 0.343. The highest BCUT2D eigenvalue weighted by atomic mass is 16.6. The van der Waals surface area contributed by atoms with Crippen molar-refractivity contribution in [3.8, 4) is 0 Å². The van der Waals surface area contributed by atoms with Crippen LogP contribution in [0.15, 0.2) is 42.5 Å². The molecule has 30 heavy (non-hydrogen) atoms. The Morgan fingerprint density at radius 1 is 1.17 bits per heavy atom. The van der Waals surface area contributed by atoms with Crippen molar-refractivity contribution in [1.29, 1.82) is 0 Å². The fourth-order valence-corrected chi connectivity index (χ4v) is 2.67. The van der Waals surface area contributed by atoms with Crippen LogP contribution in [0.3, 0.4) is 0 Å². The molecule has 0 spiro atoms. The molecule has 0 aliphatic heterocycles. The lowest BCUT2D eigenvalue weighted by Crippen LogP contribution is -2.25. The molecule has 10 nitrogen and oxygen atoms in total. The molecule has 0 bridgehead atoms.